The minimum absolute atomic E-state index is 0.109. The van der Waals surface area contributed by atoms with Crippen molar-refractivity contribution in [3.05, 3.63) is 34.3 Å². The zero-order valence-corrected chi connectivity index (χ0v) is 12.2. The average molecular weight is 313 g/mol. The van der Waals surface area contributed by atoms with E-state index in [0.29, 0.717) is 15.5 Å². The van der Waals surface area contributed by atoms with Gasteiger partial charge in [0, 0.05) is 17.5 Å². The van der Waals surface area contributed by atoms with Gasteiger partial charge in [-0.25, -0.2) is 4.98 Å². The molecule has 19 heavy (non-hydrogen) atoms. The number of thiazole rings is 1. The molecule has 2 rings (SSSR count). The van der Waals surface area contributed by atoms with Crippen LogP contribution in [0, 0.1) is 0 Å². The minimum atomic E-state index is -0.109. The summed E-state index contributed by atoms with van der Waals surface area (Å²) < 4.78 is 0.708. The van der Waals surface area contributed by atoms with Gasteiger partial charge in [0.2, 0.25) is 5.91 Å². The predicted octanol–water partition coefficient (Wildman–Crippen LogP) is 3.72. The van der Waals surface area contributed by atoms with Crippen LogP contribution in [0.3, 0.4) is 0 Å². The number of carbonyl (C=O) groups excluding carboxylic acids is 2. The molecule has 1 aromatic heterocycles. The van der Waals surface area contributed by atoms with Crippen LogP contribution in [-0.2, 0) is 4.79 Å². The van der Waals surface area contributed by atoms with Gasteiger partial charge in [-0.2, -0.15) is 0 Å². The summed E-state index contributed by atoms with van der Waals surface area (Å²) in [5.74, 6) is -0.109. The highest BCUT2D eigenvalue weighted by Gasteiger charge is 2.09. The maximum Gasteiger partial charge on any atom is 0.221 e. The average Bonchev–Trinajstić information content (AvgIpc) is 2.71. The smallest absolute Gasteiger partial charge is 0.221 e. The van der Waals surface area contributed by atoms with E-state index in [1.807, 2.05) is 12.1 Å². The molecule has 0 atom stereocenters. The van der Waals surface area contributed by atoms with Crippen LogP contribution in [0.5, 0.6) is 0 Å². The van der Waals surface area contributed by atoms with Gasteiger partial charge in [-0.05, 0) is 24.3 Å². The van der Waals surface area contributed by atoms with Crippen LogP contribution in [-0.4, -0.2) is 17.2 Å². The number of halogens is 1. The third-order valence-electron chi connectivity index (χ3n) is 2.08. The molecule has 0 spiro atoms. The van der Waals surface area contributed by atoms with Gasteiger partial charge < -0.3 is 5.32 Å². The number of hydrogen-bond acceptors (Lipinski definition) is 5. The summed E-state index contributed by atoms with van der Waals surface area (Å²) in [4.78, 5) is 27.0. The molecule has 0 aliphatic carbocycles. The van der Waals surface area contributed by atoms with E-state index in [4.69, 9.17) is 11.6 Å². The Balaban J connectivity index is 2.10. The number of hydrogen-bond donors (Lipinski definition) is 1. The minimum Gasteiger partial charge on any atom is -0.326 e. The second-order valence-corrected chi connectivity index (χ2v) is 6.27. The van der Waals surface area contributed by atoms with E-state index in [0.717, 1.165) is 10.6 Å². The summed E-state index contributed by atoms with van der Waals surface area (Å²) in [6.07, 6.45) is 0.698. The molecule has 1 aromatic carbocycles. The summed E-state index contributed by atoms with van der Waals surface area (Å²) >= 11 is 8.47. The molecule has 1 heterocycles. The van der Waals surface area contributed by atoms with Crippen LogP contribution in [0.15, 0.2) is 33.5 Å². The summed E-state index contributed by atoms with van der Waals surface area (Å²) in [5, 5.41) is 2.92. The number of rotatable bonds is 4. The van der Waals surface area contributed by atoms with Crippen LogP contribution < -0.4 is 5.32 Å². The normalized spacial score (nSPS) is 10.2. The van der Waals surface area contributed by atoms with E-state index < -0.39 is 0 Å². The zero-order chi connectivity index (χ0) is 13.8. The number of nitrogens with zero attached hydrogens (tertiary/aromatic N) is 1. The molecule has 0 aliphatic rings. The number of amides is 1. The Morgan fingerprint density at radius 2 is 2.11 bits per heavy atom. The largest absolute Gasteiger partial charge is 0.326 e. The number of nitrogens with one attached hydrogen (secondary N) is 1. The molecule has 2 aromatic rings. The fraction of sp³-hybridized carbons (Fsp3) is 0.0833. The second-order valence-electron chi connectivity index (χ2n) is 3.56. The first-order valence-electron chi connectivity index (χ1n) is 5.25. The standard InChI is InChI=1S/C12H9ClN2O2S2/c1-7(17)14-8-2-4-9(5-3-8)18-12-15-11(13)10(6-16)19-12/h2-6H,1H3,(H,14,17). The van der Waals surface area contributed by atoms with Crippen molar-refractivity contribution in [2.24, 2.45) is 0 Å². The Morgan fingerprint density at radius 1 is 1.42 bits per heavy atom. The second kappa shape index (κ2) is 6.18. The zero-order valence-electron chi connectivity index (χ0n) is 9.84. The molecule has 1 N–H and O–H groups in total. The van der Waals surface area contributed by atoms with Gasteiger partial charge in [-0.15, -0.1) is 11.3 Å². The number of aldehydes is 1. The Hall–Kier alpha value is -1.37. The maximum atomic E-state index is 10.9. The van der Waals surface area contributed by atoms with E-state index in [1.54, 1.807) is 12.1 Å². The molecule has 0 bridgehead atoms. The quantitative estimate of drug-likeness (QED) is 0.874. The van der Waals surface area contributed by atoms with E-state index in [1.165, 1.54) is 30.0 Å². The first-order chi connectivity index (χ1) is 9.08. The lowest BCUT2D eigenvalue weighted by atomic mass is 10.3. The van der Waals surface area contributed by atoms with Crippen molar-refractivity contribution >= 4 is 52.6 Å². The molecule has 0 saturated heterocycles. The summed E-state index contributed by atoms with van der Waals surface area (Å²) in [6, 6.07) is 7.34. The Morgan fingerprint density at radius 3 is 2.63 bits per heavy atom. The molecule has 0 saturated carbocycles. The van der Waals surface area contributed by atoms with Crippen LogP contribution in [0.25, 0.3) is 0 Å². The van der Waals surface area contributed by atoms with Crippen LogP contribution in [0.1, 0.15) is 16.6 Å². The highest BCUT2D eigenvalue weighted by Crippen LogP contribution is 2.34. The van der Waals surface area contributed by atoms with Gasteiger partial charge in [-0.3, -0.25) is 9.59 Å². The van der Waals surface area contributed by atoms with Crippen LogP contribution >= 0.6 is 34.7 Å². The molecule has 4 nitrogen and oxygen atoms in total. The van der Waals surface area contributed by atoms with E-state index in [2.05, 4.69) is 10.3 Å². The summed E-state index contributed by atoms with van der Waals surface area (Å²) in [6.45, 7) is 1.46. The SMILES string of the molecule is CC(=O)Nc1ccc(Sc2nc(Cl)c(C=O)s2)cc1. The molecule has 0 aliphatic heterocycles. The predicted molar refractivity (Wildman–Crippen MR) is 77.4 cm³/mol. The summed E-state index contributed by atoms with van der Waals surface area (Å²) in [5.41, 5.74) is 0.739. The van der Waals surface area contributed by atoms with Crippen molar-refractivity contribution in [1.82, 2.24) is 4.98 Å². The van der Waals surface area contributed by atoms with Crippen LogP contribution in [0.4, 0.5) is 5.69 Å². The van der Waals surface area contributed by atoms with Gasteiger partial charge in [-0.1, -0.05) is 23.4 Å². The van der Waals surface area contributed by atoms with Crippen molar-refractivity contribution in [2.45, 2.75) is 16.2 Å². The van der Waals surface area contributed by atoms with Gasteiger partial charge in [0.1, 0.15) is 4.88 Å². The third kappa shape index (κ3) is 3.79. The topological polar surface area (TPSA) is 59.1 Å². The van der Waals surface area contributed by atoms with Gasteiger partial charge in [0.25, 0.3) is 0 Å². The maximum absolute atomic E-state index is 10.9. The number of aromatic nitrogens is 1. The van der Waals surface area contributed by atoms with E-state index in [-0.39, 0.29) is 11.1 Å². The lowest BCUT2D eigenvalue weighted by Crippen LogP contribution is -2.05. The molecular weight excluding hydrogens is 304 g/mol. The van der Waals surface area contributed by atoms with Crippen LogP contribution in [0.2, 0.25) is 5.15 Å². The monoisotopic (exact) mass is 312 g/mol. The van der Waals surface area contributed by atoms with Crippen molar-refractivity contribution in [2.75, 3.05) is 5.32 Å². The van der Waals surface area contributed by atoms with Gasteiger partial charge >= 0.3 is 0 Å². The van der Waals surface area contributed by atoms with E-state index >= 15 is 0 Å². The van der Waals surface area contributed by atoms with Crippen molar-refractivity contribution in [3.63, 3.8) is 0 Å². The lowest BCUT2D eigenvalue weighted by molar-refractivity contribution is -0.114. The molecule has 0 unspecified atom stereocenters. The van der Waals surface area contributed by atoms with Gasteiger partial charge in [0.05, 0.1) is 0 Å². The van der Waals surface area contributed by atoms with E-state index in [9.17, 15) is 9.59 Å². The van der Waals surface area contributed by atoms with Gasteiger partial charge in [0.15, 0.2) is 15.8 Å². The number of carbonyl (C=O) groups is 2. The molecule has 1 amide bonds. The Labute approximate surface area is 123 Å². The fourth-order valence-electron chi connectivity index (χ4n) is 1.32. The highest BCUT2D eigenvalue weighted by atomic mass is 35.5. The molecule has 0 radical (unpaired) electrons. The van der Waals surface area contributed by atoms with Crippen molar-refractivity contribution < 1.29 is 9.59 Å². The number of anilines is 1. The molecule has 0 fully saturated rings. The first-order valence-corrected chi connectivity index (χ1v) is 7.26. The fourth-order valence-corrected chi connectivity index (χ4v) is 3.50. The highest BCUT2D eigenvalue weighted by molar-refractivity contribution is 8.01. The van der Waals surface area contributed by atoms with Crippen molar-refractivity contribution in [3.8, 4) is 0 Å². The molecule has 98 valence electrons. The number of benzene rings is 1. The molecular formula is C12H9ClN2O2S2. The first kappa shape index (κ1) is 14.0. The van der Waals surface area contributed by atoms with Crippen molar-refractivity contribution in [1.29, 1.82) is 0 Å². The summed E-state index contributed by atoms with van der Waals surface area (Å²) in [7, 11) is 0. The third-order valence-corrected chi connectivity index (χ3v) is 4.53. The lowest BCUT2D eigenvalue weighted by Gasteiger charge is -2.02. The Bertz CT molecular complexity index is 611. The molecule has 7 heteroatoms. The Kier molecular flexibility index (Phi) is 4.57.